The Kier molecular flexibility index (Phi) is 5.10. The topological polar surface area (TPSA) is 98.8 Å². The molecule has 0 amide bonds. The number of morpholine rings is 1. The lowest BCUT2D eigenvalue weighted by Crippen LogP contribution is -2.36. The number of anilines is 2. The molecule has 1 aliphatic heterocycles. The first-order chi connectivity index (χ1) is 12.4. The van der Waals surface area contributed by atoms with Gasteiger partial charge in [-0.3, -0.25) is 4.72 Å². The minimum Gasteiger partial charge on any atom is -0.545 e. The van der Waals surface area contributed by atoms with Crippen LogP contribution < -0.4 is 14.7 Å². The standard InChI is InChI=1S/C17H17FN2O5S/c18-16-6-5-14(11-15(16)17(21)22)26(23,24)19-12-1-3-13(4-2-12)20-7-9-25-10-8-20/h1-6,11,19H,7-10H2,(H,21,22)/p-1. The van der Waals surface area contributed by atoms with Crippen LogP contribution in [0.1, 0.15) is 10.4 Å². The Morgan fingerprint density at radius 2 is 1.77 bits per heavy atom. The van der Waals surface area contributed by atoms with Gasteiger partial charge in [0.2, 0.25) is 0 Å². The van der Waals surface area contributed by atoms with E-state index < -0.39 is 27.4 Å². The number of nitrogens with zero attached hydrogens (tertiary/aromatic N) is 1. The summed E-state index contributed by atoms with van der Waals surface area (Å²) in [6.45, 7) is 2.79. The molecule has 2 aromatic carbocycles. The molecule has 0 aromatic heterocycles. The summed E-state index contributed by atoms with van der Waals surface area (Å²) in [5.74, 6) is -2.84. The Labute approximate surface area is 150 Å². The van der Waals surface area contributed by atoms with Crippen LogP contribution in [-0.4, -0.2) is 40.7 Å². The van der Waals surface area contributed by atoms with E-state index in [0.717, 1.165) is 37.0 Å². The summed E-state index contributed by atoms with van der Waals surface area (Å²) in [7, 11) is -4.07. The minimum atomic E-state index is -4.07. The van der Waals surface area contributed by atoms with Crippen molar-refractivity contribution < 1.29 is 27.4 Å². The highest BCUT2D eigenvalue weighted by Gasteiger charge is 2.17. The van der Waals surface area contributed by atoms with Crippen molar-refractivity contribution in [2.45, 2.75) is 4.90 Å². The Balaban J connectivity index is 1.79. The van der Waals surface area contributed by atoms with E-state index in [4.69, 9.17) is 4.74 Å². The number of halogens is 1. The van der Waals surface area contributed by atoms with Gasteiger partial charge in [-0.15, -0.1) is 0 Å². The van der Waals surface area contributed by atoms with Crippen LogP contribution in [0.25, 0.3) is 0 Å². The molecule has 1 aliphatic rings. The average molecular weight is 379 g/mol. The maximum Gasteiger partial charge on any atom is 0.261 e. The van der Waals surface area contributed by atoms with E-state index in [1.807, 2.05) is 0 Å². The SMILES string of the molecule is O=C([O-])c1cc(S(=O)(=O)Nc2ccc(N3CCOCC3)cc2)ccc1F. The number of benzene rings is 2. The van der Waals surface area contributed by atoms with Crippen LogP contribution in [0.4, 0.5) is 15.8 Å². The molecule has 0 unspecified atom stereocenters. The average Bonchev–Trinajstić information content (AvgIpc) is 2.62. The molecule has 0 spiro atoms. The lowest BCUT2D eigenvalue weighted by Gasteiger charge is -2.28. The minimum absolute atomic E-state index is 0.307. The summed E-state index contributed by atoms with van der Waals surface area (Å²) < 4.78 is 45.8. The number of carbonyl (C=O) groups is 1. The molecule has 1 heterocycles. The molecule has 0 aliphatic carbocycles. The third kappa shape index (κ3) is 3.94. The van der Waals surface area contributed by atoms with Crippen LogP contribution in [0.15, 0.2) is 47.4 Å². The van der Waals surface area contributed by atoms with E-state index in [1.165, 1.54) is 0 Å². The van der Waals surface area contributed by atoms with E-state index in [1.54, 1.807) is 24.3 Å². The van der Waals surface area contributed by atoms with Gasteiger partial charge in [-0.1, -0.05) is 0 Å². The van der Waals surface area contributed by atoms with Crippen molar-refractivity contribution >= 4 is 27.4 Å². The van der Waals surface area contributed by atoms with Gasteiger partial charge in [-0.25, -0.2) is 12.8 Å². The molecular formula is C17H16FN2O5S-. The number of carbonyl (C=O) groups excluding carboxylic acids is 1. The number of carboxylic acid groups (broad SMARTS) is 1. The fourth-order valence-electron chi connectivity index (χ4n) is 2.60. The maximum atomic E-state index is 13.4. The van der Waals surface area contributed by atoms with Gasteiger partial charge in [-0.05, 0) is 42.5 Å². The number of hydrogen-bond donors (Lipinski definition) is 1. The molecule has 1 N–H and O–H groups in total. The monoisotopic (exact) mass is 379 g/mol. The third-order valence-corrected chi connectivity index (χ3v) is 5.34. The first kappa shape index (κ1) is 18.2. The quantitative estimate of drug-likeness (QED) is 0.826. The smallest absolute Gasteiger partial charge is 0.261 e. The normalized spacial score (nSPS) is 14.9. The van der Waals surface area contributed by atoms with Gasteiger partial charge in [-0.2, -0.15) is 0 Å². The molecule has 2 aromatic rings. The second kappa shape index (κ2) is 7.30. The number of ether oxygens (including phenoxy) is 1. The lowest BCUT2D eigenvalue weighted by atomic mass is 10.2. The summed E-state index contributed by atoms with van der Waals surface area (Å²) in [6, 6.07) is 9.26. The van der Waals surface area contributed by atoms with E-state index in [0.29, 0.717) is 18.9 Å². The van der Waals surface area contributed by atoms with Crippen LogP contribution in [-0.2, 0) is 14.8 Å². The van der Waals surface area contributed by atoms with Crippen LogP contribution in [0.5, 0.6) is 0 Å². The molecule has 0 radical (unpaired) electrons. The van der Waals surface area contributed by atoms with Crippen LogP contribution in [0.2, 0.25) is 0 Å². The summed E-state index contributed by atoms with van der Waals surface area (Å²) >= 11 is 0. The Hall–Kier alpha value is -2.65. The van der Waals surface area contributed by atoms with Gasteiger partial charge in [0.15, 0.2) is 0 Å². The highest BCUT2D eigenvalue weighted by molar-refractivity contribution is 7.92. The molecule has 0 saturated carbocycles. The zero-order chi connectivity index (χ0) is 18.7. The first-order valence-electron chi connectivity index (χ1n) is 7.83. The Morgan fingerprint density at radius 1 is 1.12 bits per heavy atom. The predicted molar refractivity (Wildman–Crippen MR) is 91.0 cm³/mol. The Bertz CT molecular complexity index is 909. The number of sulfonamides is 1. The van der Waals surface area contributed by atoms with E-state index in [9.17, 15) is 22.7 Å². The molecule has 7 nitrogen and oxygen atoms in total. The van der Waals surface area contributed by atoms with E-state index in [-0.39, 0.29) is 4.90 Å². The molecule has 3 rings (SSSR count). The van der Waals surface area contributed by atoms with Gasteiger partial charge in [0.25, 0.3) is 10.0 Å². The fraction of sp³-hybridized carbons (Fsp3) is 0.235. The van der Waals surface area contributed by atoms with Crippen molar-refractivity contribution in [2.24, 2.45) is 0 Å². The highest BCUT2D eigenvalue weighted by Crippen LogP contribution is 2.22. The number of carboxylic acids is 1. The van der Waals surface area contributed by atoms with Crippen LogP contribution in [0.3, 0.4) is 0 Å². The Morgan fingerprint density at radius 3 is 2.38 bits per heavy atom. The molecule has 26 heavy (non-hydrogen) atoms. The number of aromatic carboxylic acids is 1. The number of hydrogen-bond acceptors (Lipinski definition) is 6. The van der Waals surface area contributed by atoms with Crippen molar-refractivity contribution in [1.29, 1.82) is 0 Å². The zero-order valence-corrected chi connectivity index (χ0v) is 14.5. The molecule has 9 heteroatoms. The van der Waals surface area contributed by atoms with Gasteiger partial charge < -0.3 is 19.5 Å². The maximum absolute atomic E-state index is 13.4. The first-order valence-corrected chi connectivity index (χ1v) is 9.31. The van der Waals surface area contributed by atoms with Gasteiger partial charge in [0, 0.05) is 30.0 Å². The number of rotatable bonds is 5. The molecule has 0 bridgehead atoms. The number of nitrogens with one attached hydrogen (secondary N) is 1. The summed E-state index contributed by atoms with van der Waals surface area (Å²) in [4.78, 5) is 12.6. The van der Waals surface area contributed by atoms with Crippen molar-refractivity contribution in [3.8, 4) is 0 Å². The largest absolute Gasteiger partial charge is 0.545 e. The highest BCUT2D eigenvalue weighted by atomic mass is 32.2. The van der Waals surface area contributed by atoms with Gasteiger partial charge in [0.1, 0.15) is 5.82 Å². The van der Waals surface area contributed by atoms with Crippen molar-refractivity contribution in [2.75, 3.05) is 35.9 Å². The van der Waals surface area contributed by atoms with Gasteiger partial charge in [0.05, 0.1) is 24.1 Å². The second-order valence-corrected chi connectivity index (χ2v) is 7.36. The lowest BCUT2D eigenvalue weighted by molar-refractivity contribution is -0.255. The molecule has 138 valence electrons. The van der Waals surface area contributed by atoms with Crippen LogP contribution in [0, 0.1) is 5.82 Å². The summed E-state index contributed by atoms with van der Waals surface area (Å²) in [5.41, 5.74) is 0.439. The van der Waals surface area contributed by atoms with Crippen molar-refractivity contribution in [1.82, 2.24) is 0 Å². The molecule has 0 atom stereocenters. The second-order valence-electron chi connectivity index (χ2n) is 5.68. The van der Waals surface area contributed by atoms with Crippen molar-refractivity contribution in [3.05, 3.63) is 53.8 Å². The molecule has 1 saturated heterocycles. The molecule has 1 fully saturated rings. The van der Waals surface area contributed by atoms with Crippen molar-refractivity contribution in [3.63, 3.8) is 0 Å². The predicted octanol–water partition coefficient (Wildman–Crippen LogP) is 0.827. The third-order valence-electron chi connectivity index (χ3n) is 3.96. The zero-order valence-electron chi connectivity index (χ0n) is 13.6. The summed E-state index contributed by atoms with van der Waals surface area (Å²) in [6.07, 6.45) is 0. The fourth-order valence-corrected chi connectivity index (χ4v) is 3.69. The van der Waals surface area contributed by atoms with E-state index >= 15 is 0 Å². The van der Waals surface area contributed by atoms with E-state index in [2.05, 4.69) is 9.62 Å². The molecular weight excluding hydrogens is 363 g/mol. The van der Waals surface area contributed by atoms with Crippen LogP contribution >= 0.6 is 0 Å². The summed E-state index contributed by atoms with van der Waals surface area (Å²) in [5, 5.41) is 10.9. The van der Waals surface area contributed by atoms with Gasteiger partial charge >= 0.3 is 0 Å².